The minimum Gasteiger partial charge on any atom is -0.426 e. The van der Waals surface area contributed by atoms with Crippen LogP contribution in [0.5, 0.6) is 5.75 Å². The summed E-state index contributed by atoms with van der Waals surface area (Å²) in [6.45, 7) is 1.24. The maximum atomic E-state index is 13.8. The van der Waals surface area contributed by atoms with E-state index in [-0.39, 0.29) is 11.3 Å². The van der Waals surface area contributed by atoms with Gasteiger partial charge in [-0.1, -0.05) is 6.07 Å². The standard InChI is InChI=1S/C18H11BrFN3O5/c1-10(24)28-17-5-2-11(7-14(17)19)6-12(9-21)18(25)22-16-8-13(23(26)27)3-4-15(16)20/h2-8H,1H3,(H,22,25)/b12-6-. The van der Waals surface area contributed by atoms with E-state index in [1.807, 2.05) is 0 Å². The zero-order valence-electron chi connectivity index (χ0n) is 14.2. The summed E-state index contributed by atoms with van der Waals surface area (Å²) in [5.41, 5.74) is -0.775. The molecule has 1 amide bonds. The minimum absolute atomic E-state index is 0.256. The first-order valence-electron chi connectivity index (χ1n) is 7.56. The highest BCUT2D eigenvalue weighted by molar-refractivity contribution is 9.10. The van der Waals surface area contributed by atoms with Crippen molar-refractivity contribution in [2.75, 3.05) is 5.32 Å². The number of nitrogens with zero attached hydrogens (tertiary/aromatic N) is 2. The Bertz CT molecular complexity index is 1050. The Morgan fingerprint density at radius 3 is 2.61 bits per heavy atom. The summed E-state index contributed by atoms with van der Waals surface area (Å²) in [7, 11) is 0. The Morgan fingerprint density at radius 2 is 2.04 bits per heavy atom. The van der Waals surface area contributed by atoms with Crippen LogP contribution in [0.1, 0.15) is 12.5 Å². The number of halogens is 2. The number of anilines is 1. The van der Waals surface area contributed by atoms with Crippen molar-refractivity contribution in [3.05, 3.63) is 67.9 Å². The molecule has 0 bridgehead atoms. The van der Waals surface area contributed by atoms with E-state index in [1.165, 1.54) is 31.2 Å². The Hall–Kier alpha value is -3.58. The molecular formula is C18H11BrFN3O5. The molecule has 0 aliphatic rings. The van der Waals surface area contributed by atoms with Crippen LogP contribution >= 0.6 is 15.9 Å². The molecule has 0 radical (unpaired) electrons. The molecule has 1 N–H and O–H groups in total. The van der Waals surface area contributed by atoms with Crippen molar-refractivity contribution in [2.45, 2.75) is 6.92 Å². The molecule has 8 nitrogen and oxygen atoms in total. The maximum absolute atomic E-state index is 13.8. The second-order valence-corrected chi connectivity index (χ2v) is 6.18. The predicted molar refractivity (Wildman–Crippen MR) is 101 cm³/mol. The lowest BCUT2D eigenvalue weighted by Gasteiger charge is -2.07. The van der Waals surface area contributed by atoms with E-state index in [1.54, 1.807) is 6.07 Å². The Balaban J connectivity index is 2.28. The molecule has 0 spiro atoms. The third kappa shape index (κ3) is 5.21. The number of nitro groups is 1. The molecule has 0 saturated carbocycles. The van der Waals surface area contributed by atoms with Crippen LogP contribution in [0.4, 0.5) is 15.8 Å². The quantitative estimate of drug-likeness (QED) is 0.185. The van der Waals surface area contributed by atoms with Gasteiger partial charge in [-0.3, -0.25) is 19.7 Å². The van der Waals surface area contributed by atoms with Crippen molar-refractivity contribution >= 4 is 45.3 Å². The number of hydrogen-bond donors (Lipinski definition) is 1. The summed E-state index contributed by atoms with van der Waals surface area (Å²) in [5, 5.41) is 22.1. The second kappa shape index (κ2) is 8.88. The molecule has 2 rings (SSSR count). The summed E-state index contributed by atoms with van der Waals surface area (Å²) >= 11 is 3.21. The molecule has 0 heterocycles. The topological polar surface area (TPSA) is 122 Å². The first-order valence-corrected chi connectivity index (χ1v) is 8.35. The number of carbonyl (C=O) groups is 2. The van der Waals surface area contributed by atoms with Crippen molar-refractivity contribution in [3.63, 3.8) is 0 Å². The van der Waals surface area contributed by atoms with Gasteiger partial charge in [0.25, 0.3) is 11.6 Å². The fraction of sp³-hybridized carbons (Fsp3) is 0.0556. The van der Waals surface area contributed by atoms with Gasteiger partial charge in [-0.05, 0) is 45.8 Å². The van der Waals surface area contributed by atoms with Gasteiger partial charge in [-0.2, -0.15) is 5.26 Å². The van der Waals surface area contributed by atoms with Gasteiger partial charge in [-0.15, -0.1) is 0 Å². The lowest BCUT2D eigenvalue weighted by atomic mass is 10.1. The van der Waals surface area contributed by atoms with Gasteiger partial charge in [0, 0.05) is 19.1 Å². The molecule has 0 saturated heterocycles. The van der Waals surface area contributed by atoms with Gasteiger partial charge in [0.15, 0.2) is 0 Å². The van der Waals surface area contributed by atoms with Crippen LogP contribution in [-0.4, -0.2) is 16.8 Å². The van der Waals surface area contributed by atoms with E-state index in [0.29, 0.717) is 10.0 Å². The first-order chi connectivity index (χ1) is 13.2. The van der Waals surface area contributed by atoms with Gasteiger partial charge < -0.3 is 10.1 Å². The second-order valence-electron chi connectivity index (χ2n) is 5.33. The van der Waals surface area contributed by atoms with E-state index < -0.39 is 34.0 Å². The normalized spacial score (nSPS) is 10.7. The van der Waals surface area contributed by atoms with Gasteiger partial charge in [0.1, 0.15) is 23.2 Å². The predicted octanol–water partition coefficient (Wildman–Crippen LogP) is 3.97. The summed E-state index contributed by atoms with van der Waals surface area (Å²) in [5.74, 6) is -2.09. The molecular weight excluding hydrogens is 437 g/mol. The SMILES string of the molecule is CC(=O)Oc1ccc(/C=C(/C#N)C(=O)Nc2cc([N+](=O)[O-])ccc2F)cc1Br. The van der Waals surface area contributed by atoms with Crippen molar-refractivity contribution in [1.29, 1.82) is 5.26 Å². The Morgan fingerprint density at radius 1 is 1.32 bits per heavy atom. The van der Waals surface area contributed by atoms with Crippen LogP contribution < -0.4 is 10.1 Å². The van der Waals surface area contributed by atoms with E-state index in [9.17, 15) is 29.4 Å². The van der Waals surface area contributed by atoms with Crippen molar-refractivity contribution < 1.29 is 23.6 Å². The number of non-ortho nitro benzene ring substituents is 1. The largest absolute Gasteiger partial charge is 0.426 e. The zero-order valence-corrected chi connectivity index (χ0v) is 15.8. The summed E-state index contributed by atoms with van der Waals surface area (Å²) in [6.07, 6.45) is 1.23. The number of nitriles is 1. The number of benzene rings is 2. The highest BCUT2D eigenvalue weighted by Gasteiger charge is 2.16. The highest BCUT2D eigenvalue weighted by Crippen LogP contribution is 2.27. The number of hydrogen-bond acceptors (Lipinski definition) is 6. The van der Waals surface area contributed by atoms with Crippen LogP contribution in [0.3, 0.4) is 0 Å². The van der Waals surface area contributed by atoms with Crippen LogP contribution in [0.25, 0.3) is 6.08 Å². The molecule has 0 aromatic heterocycles. The van der Waals surface area contributed by atoms with Crippen LogP contribution in [0.2, 0.25) is 0 Å². The lowest BCUT2D eigenvalue weighted by molar-refractivity contribution is -0.384. The lowest BCUT2D eigenvalue weighted by Crippen LogP contribution is -2.14. The summed E-state index contributed by atoms with van der Waals surface area (Å²) < 4.78 is 19.2. The monoisotopic (exact) mass is 447 g/mol. The highest BCUT2D eigenvalue weighted by atomic mass is 79.9. The first kappa shape index (κ1) is 20.7. The van der Waals surface area contributed by atoms with E-state index in [0.717, 1.165) is 18.2 Å². The van der Waals surface area contributed by atoms with Crippen molar-refractivity contribution in [2.24, 2.45) is 0 Å². The smallest absolute Gasteiger partial charge is 0.308 e. The molecule has 0 aliphatic carbocycles. The number of esters is 1. The Kier molecular flexibility index (Phi) is 6.57. The molecule has 2 aromatic carbocycles. The van der Waals surface area contributed by atoms with Crippen molar-refractivity contribution in [1.82, 2.24) is 0 Å². The molecule has 2 aromatic rings. The molecule has 28 heavy (non-hydrogen) atoms. The van der Waals surface area contributed by atoms with Gasteiger partial charge >= 0.3 is 5.97 Å². The van der Waals surface area contributed by atoms with E-state index in [2.05, 4.69) is 21.2 Å². The third-order valence-corrected chi connectivity index (χ3v) is 3.91. The number of amides is 1. The van der Waals surface area contributed by atoms with Crippen LogP contribution in [0, 0.1) is 27.3 Å². The molecule has 10 heteroatoms. The van der Waals surface area contributed by atoms with Crippen molar-refractivity contribution in [3.8, 4) is 11.8 Å². The number of nitrogens with one attached hydrogen (secondary N) is 1. The average Bonchev–Trinajstić information content (AvgIpc) is 2.63. The molecule has 0 unspecified atom stereocenters. The molecule has 0 fully saturated rings. The number of rotatable bonds is 5. The fourth-order valence-electron chi connectivity index (χ4n) is 2.07. The molecule has 0 atom stereocenters. The third-order valence-electron chi connectivity index (χ3n) is 3.29. The summed E-state index contributed by atoms with van der Waals surface area (Å²) in [6, 6.07) is 8.81. The molecule has 142 valence electrons. The van der Waals surface area contributed by atoms with Gasteiger partial charge in [0.05, 0.1) is 15.1 Å². The molecule has 0 aliphatic heterocycles. The number of nitro benzene ring substituents is 1. The number of carbonyl (C=O) groups excluding carboxylic acids is 2. The van der Waals surface area contributed by atoms with E-state index in [4.69, 9.17) is 4.74 Å². The minimum atomic E-state index is -0.943. The summed E-state index contributed by atoms with van der Waals surface area (Å²) in [4.78, 5) is 33.3. The average molecular weight is 448 g/mol. The van der Waals surface area contributed by atoms with Gasteiger partial charge in [-0.25, -0.2) is 4.39 Å². The Labute approximate surface area is 166 Å². The van der Waals surface area contributed by atoms with E-state index >= 15 is 0 Å². The van der Waals surface area contributed by atoms with Crippen LogP contribution in [-0.2, 0) is 9.59 Å². The van der Waals surface area contributed by atoms with Crippen LogP contribution in [0.15, 0.2) is 46.4 Å². The number of ether oxygens (including phenoxy) is 1. The fourth-order valence-corrected chi connectivity index (χ4v) is 2.55. The van der Waals surface area contributed by atoms with Gasteiger partial charge in [0.2, 0.25) is 0 Å². The maximum Gasteiger partial charge on any atom is 0.308 e. The zero-order chi connectivity index (χ0) is 20.8.